The standard InChI is InChI=1S/C21H22FN2/c1-3-20-11-12-21(20,4-2)23-14-15-7-5-6-8-18(15)24(23)19-10-9-16(22)13-17(19)20/h5-10,13-14H,3-4,11-12H2,1-2H3/q+1. The van der Waals surface area contributed by atoms with Gasteiger partial charge in [-0.15, -0.1) is 9.36 Å². The molecular weight excluding hydrogens is 299 g/mol. The van der Waals surface area contributed by atoms with Gasteiger partial charge in [-0.2, -0.15) is 0 Å². The Hall–Kier alpha value is -2.16. The lowest BCUT2D eigenvalue weighted by atomic mass is 9.48. The lowest BCUT2D eigenvalue weighted by Crippen LogP contribution is -2.77. The van der Waals surface area contributed by atoms with E-state index in [2.05, 4.69) is 53.7 Å². The van der Waals surface area contributed by atoms with Crippen LogP contribution in [0.25, 0.3) is 16.6 Å². The average molecular weight is 321 g/mol. The summed E-state index contributed by atoms with van der Waals surface area (Å²) in [5, 5.41) is 1.25. The lowest BCUT2D eigenvalue weighted by molar-refractivity contribution is -0.849. The Balaban J connectivity index is 1.96. The fourth-order valence-electron chi connectivity index (χ4n) is 5.54. The van der Waals surface area contributed by atoms with E-state index in [-0.39, 0.29) is 16.8 Å². The number of halogens is 1. The van der Waals surface area contributed by atoms with Crippen LogP contribution >= 0.6 is 0 Å². The molecule has 5 rings (SSSR count). The Morgan fingerprint density at radius 1 is 1.08 bits per heavy atom. The highest BCUT2D eigenvalue weighted by Crippen LogP contribution is 2.60. The molecule has 0 spiro atoms. The van der Waals surface area contributed by atoms with Crippen molar-refractivity contribution in [2.24, 2.45) is 0 Å². The summed E-state index contributed by atoms with van der Waals surface area (Å²) < 4.78 is 18.9. The summed E-state index contributed by atoms with van der Waals surface area (Å²) in [7, 11) is 0. The maximum absolute atomic E-state index is 14.2. The predicted molar refractivity (Wildman–Crippen MR) is 92.9 cm³/mol. The molecule has 0 bridgehead atoms. The third-order valence-corrected chi connectivity index (χ3v) is 6.83. The maximum atomic E-state index is 14.2. The van der Waals surface area contributed by atoms with Gasteiger partial charge in [-0.25, -0.2) is 4.39 Å². The molecule has 24 heavy (non-hydrogen) atoms. The van der Waals surface area contributed by atoms with Gasteiger partial charge in [-0.05, 0) is 48.7 Å². The van der Waals surface area contributed by atoms with Crippen molar-refractivity contribution >= 4 is 10.9 Å². The van der Waals surface area contributed by atoms with E-state index in [4.69, 9.17) is 0 Å². The van der Waals surface area contributed by atoms with E-state index in [1.165, 1.54) is 16.5 Å². The minimum absolute atomic E-state index is 0.0498. The fraction of sp³-hybridized carbons (Fsp3) is 0.381. The first-order chi connectivity index (χ1) is 11.7. The second-order valence-electron chi connectivity index (χ2n) is 7.33. The van der Waals surface area contributed by atoms with Gasteiger partial charge in [0.2, 0.25) is 11.7 Å². The summed E-state index contributed by atoms with van der Waals surface area (Å²) in [6.07, 6.45) is 6.72. The van der Waals surface area contributed by atoms with Crippen LogP contribution < -0.4 is 4.68 Å². The number of para-hydroxylation sites is 1. The molecule has 1 saturated carbocycles. The van der Waals surface area contributed by atoms with Gasteiger partial charge in [0, 0.05) is 12.8 Å². The third-order valence-electron chi connectivity index (χ3n) is 6.83. The molecule has 1 aliphatic carbocycles. The molecular formula is C21H22FN2+. The second-order valence-corrected chi connectivity index (χ2v) is 7.33. The first kappa shape index (κ1) is 14.2. The minimum Gasteiger partial charge on any atom is -0.207 e. The molecule has 3 heteroatoms. The van der Waals surface area contributed by atoms with Crippen LogP contribution in [0.15, 0.2) is 48.7 Å². The van der Waals surface area contributed by atoms with Crippen molar-refractivity contribution in [3.63, 3.8) is 0 Å². The van der Waals surface area contributed by atoms with Crippen molar-refractivity contribution in [3.05, 3.63) is 60.0 Å². The summed E-state index contributed by atoms with van der Waals surface area (Å²) in [5.41, 5.74) is 3.65. The zero-order valence-electron chi connectivity index (χ0n) is 14.2. The van der Waals surface area contributed by atoms with Crippen molar-refractivity contribution in [2.75, 3.05) is 0 Å². The molecule has 2 heterocycles. The predicted octanol–water partition coefficient (Wildman–Crippen LogP) is 4.62. The van der Waals surface area contributed by atoms with Gasteiger partial charge in [-0.3, -0.25) is 0 Å². The van der Waals surface area contributed by atoms with E-state index in [1.807, 2.05) is 6.07 Å². The minimum atomic E-state index is -0.122. The average Bonchev–Trinajstić information content (AvgIpc) is 2.95. The van der Waals surface area contributed by atoms with Gasteiger partial charge in [-0.1, -0.05) is 26.0 Å². The number of nitrogens with zero attached hydrogens (tertiary/aromatic N) is 2. The van der Waals surface area contributed by atoms with Crippen LogP contribution in [0.1, 0.15) is 45.1 Å². The van der Waals surface area contributed by atoms with Crippen molar-refractivity contribution in [2.45, 2.75) is 50.5 Å². The molecule has 3 aromatic rings. The van der Waals surface area contributed by atoms with Crippen molar-refractivity contribution in [3.8, 4) is 5.69 Å². The maximum Gasteiger partial charge on any atom is 0.204 e. The number of hydrogen-bond donors (Lipinski definition) is 0. The van der Waals surface area contributed by atoms with Crippen LogP contribution in [0.3, 0.4) is 0 Å². The van der Waals surface area contributed by atoms with Crippen molar-refractivity contribution in [1.82, 2.24) is 4.68 Å². The van der Waals surface area contributed by atoms with E-state index in [0.717, 1.165) is 31.4 Å². The van der Waals surface area contributed by atoms with Crippen molar-refractivity contribution in [1.29, 1.82) is 0 Å². The van der Waals surface area contributed by atoms with Crippen LogP contribution in [0.4, 0.5) is 4.39 Å². The molecule has 2 unspecified atom stereocenters. The number of fused-ring (bicyclic) bond motifs is 8. The Labute approximate surface area is 141 Å². The zero-order valence-corrected chi connectivity index (χ0v) is 14.2. The second kappa shape index (κ2) is 4.47. The van der Waals surface area contributed by atoms with Gasteiger partial charge in [0.1, 0.15) is 17.0 Å². The Morgan fingerprint density at radius 3 is 2.62 bits per heavy atom. The smallest absolute Gasteiger partial charge is 0.204 e. The summed E-state index contributed by atoms with van der Waals surface area (Å²) in [4.78, 5) is 0. The molecule has 1 aliphatic heterocycles. The van der Waals surface area contributed by atoms with E-state index in [9.17, 15) is 4.39 Å². The normalized spacial score (nSPS) is 27.3. The summed E-state index contributed by atoms with van der Waals surface area (Å²) in [5.74, 6) is -0.122. The van der Waals surface area contributed by atoms with E-state index in [0.29, 0.717) is 0 Å². The number of rotatable bonds is 2. The molecule has 2 aromatic carbocycles. The highest BCUT2D eigenvalue weighted by molar-refractivity contribution is 5.79. The quantitative estimate of drug-likeness (QED) is 0.609. The van der Waals surface area contributed by atoms with Crippen LogP contribution in [-0.2, 0) is 11.0 Å². The summed E-state index contributed by atoms with van der Waals surface area (Å²) >= 11 is 0. The van der Waals surface area contributed by atoms with E-state index < -0.39 is 0 Å². The largest absolute Gasteiger partial charge is 0.207 e. The van der Waals surface area contributed by atoms with Crippen LogP contribution in [0, 0.1) is 5.82 Å². The van der Waals surface area contributed by atoms with Gasteiger partial charge in [0.25, 0.3) is 0 Å². The monoisotopic (exact) mass is 321 g/mol. The first-order valence-corrected chi connectivity index (χ1v) is 9.00. The molecule has 1 fully saturated rings. The molecule has 1 aromatic heterocycles. The number of aromatic nitrogens is 2. The molecule has 122 valence electrons. The number of benzene rings is 2. The van der Waals surface area contributed by atoms with Gasteiger partial charge >= 0.3 is 0 Å². The van der Waals surface area contributed by atoms with E-state index >= 15 is 0 Å². The lowest BCUT2D eigenvalue weighted by Gasteiger charge is -2.56. The SMILES string of the molecule is CCC12CCC1(CC)[n+]1cc3ccccc3n1-c1ccc(F)cc12. The molecule has 2 nitrogen and oxygen atoms in total. The van der Waals surface area contributed by atoms with Crippen LogP contribution in [0.2, 0.25) is 0 Å². The molecule has 0 saturated heterocycles. The Kier molecular flexibility index (Phi) is 2.65. The Bertz CT molecular complexity index is 965. The molecule has 2 aliphatic rings. The molecule has 2 atom stereocenters. The third kappa shape index (κ3) is 1.36. The van der Waals surface area contributed by atoms with Crippen molar-refractivity contribution < 1.29 is 9.07 Å². The Morgan fingerprint density at radius 2 is 1.92 bits per heavy atom. The molecule has 0 N–H and O–H groups in total. The van der Waals surface area contributed by atoms with Gasteiger partial charge in [0.15, 0.2) is 0 Å². The highest BCUT2D eigenvalue weighted by atomic mass is 19.1. The number of hydrogen-bond acceptors (Lipinski definition) is 0. The highest BCUT2D eigenvalue weighted by Gasteiger charge is 2.69. The summed E-state index contributed by atoms with van der Waals surface area (Å²) in [6.45, 7) is 4.54. The van der Waals surface area contributed by atoms with Crippen LogP contribution in [-0.4, -0.2) is 4.68 Å². The topological polar surface area (TPSA) is 8.81 Å². The first-order valence-electron chi connectivity index (χ1n) is 9.00. The van der Waals surface area contributed by atoms with Gasteiger partial charge in [0.05, 0.1) is 10.8 Å². The van der Waals surface area contributed by atoms with E-state index in [1.54, 1.807) is 12.1 Å². The zero-order chi connectivity index (χ0) is 16.5. The van der Waals surface area contributed by atoms with Crippen LogP contribution in [0.5, 0.6) is 0 Å². The molecule has 0 amide bonds. The summed E-state index contributed by atoms with van der Waals surface area (Å²) in [6, 6.07) is 13.9. The van der Waals surface area contributed by atoms with Gasteiger partial charge < -0.3 is 0 Å². The molecule has 0 radical (unpaired) electrons. The fourth-order valence-corrected chi connectivity index (χ4v) is 5.54.